The van der Waals surface area contributed by atoms with Gasteiger partial charge in [-0.2, -0.15) is 5.10 Å². The number of rotatable bonds is 4. The lowest BCUT2D eigenvalue weighted by atomic mass is 10.1. The summed E-state index contributed by atoms with van der Waals surface area (Å²) in [7, 11) is 1.59. The molecule has 1 aromatic heterocycles. The minimum Gasteiger partial charge on any atom is -0.394 e. The van der Waals surface area contributed by atoms with E-state index in [9.17, 15) is 9.90 Å². The van der Waals surface area contributed by atoms with Crippen LogP contribution in [0.5, 0.6) is 0 Å². The maximum atomic E-state index is 11.6. The van der Waals surface area contributed by atoms with Crippen molar-refractivity contribution in [3.8, 4) is 0 Å². The summed E-state index contributed by atoms with van der Waals surface area (Å²) in [5, 5.41) is 16.2. The van der Waals surface area contributed by atoms with Crippen molar-refractivity contribution in [2.24, 2.45) is 13.0 Å². The minimum atomic E-state index is -0.203. The number of aliphatic hydroxyl groups excluding tert-OH is 1. The zero-order chi connectivity index (χ0) is 12.3. The maximum Gasteiger partial charge on any atom is 0.282 e. The molecular formula is C10H16BrN3O2. The molecule has 0 unspecified atom stereocenters. The second-order valence-electron chi connectivity index (χ2n) is 3.98. The van der Waals surface area contributed by atoms with Crippen LogP contribution >= 0.6 is 15.9 Å². The molecule has 1 rings (SSSR count). The van der Waals surface area contributed by atoms with Crippen LogP contribution in [0.1, 0.15) is 13.8 Å². The van der Waals surface area contributed by atoms with E-state index in [2.05, 4.69) is 26.3 Å². The molecule has 0 spiro atoms. The van der Waals surface area contributed by atoms with E-state index in [4.69, 9.17) is 0 Å². The fraction of sp³-hybridized carbons (Fsp3) is 0.600. The van der Waals surface area contributed by atoms with Crippen LogP contribution in [0.25, 0.3) is 0 Å². The van der Waals surface area contributed by atoms with E-state index < -0.39 is 0 Å². The molecule has 0 aliphatic heterocycles. The number of hydrogen-bond donors (Lipinski definition) is 2. The zero-order valence-electron chi connectivity index (χ0n) is 9.57. The van der Waals surface area contributed by atoms with Gasteiger partial charge in [0.15, 0.2) is 0 Å². The van der Waals surface area contributed by atoms with Gasteiger partial charge in [-0.15, -0.1) is 0 Å². The molecule has 1 aromatic rings. The largest absolute Gasteiger partial charge is 0.394 e. The highest BCUT2D eigenvalue weighted by atomic mass is 79.9. The Kier molecular flexibility index (Phi) is 4.49. The summed E-state index contributed by atoms with van der Waals surface area (Å²) in [6.07, 6.45) is 1.57. The smallest absolute Gasteiger partial charge is 0.282 e. The molecule has 0 radical (unpaired) electrons. The van der Waals surface area contributed by atoms with Gasteiger partial charge in [-0.05, 0) is 21.8 Å². The highest BCUT2D eigenvalue weighted by molar-refractivity contribution is 9.10. The van der Waals surface area contributed by atoms with Crippen molar-refractivity contribution in [3.05, 3.63) is 21.0 Å². The van der Waals surface area contributed by atoms with Gasteiger partial charge < -0.3 is 10.4 Å². The number of halogens is 1. The molecule has 6 heteroatoms. The molecule has 5 nitrogen and oxygen atoms in total. The molecule has 0 amide bonds. The van der Waals surface area contributed by atoms with Crippen molar-refractivity contribution >= 4 is 21.6 Å². The van der Waals surface area contributed by atoms with Crippen molar-refractivity contribution in [1.82, 2.24) is 9.78 Å². The summed E-state index contributed by atoms with van der Waals surface area (Å²) < 4.78 is 1.68. The Bertz CT molecular complexity index is 417. The Morgan fingerprint density at radius 3 is 2.75 bits per heavy atom. The lowest BCUT2D eigenvalue weighted by Gasteiger charge is -2.21. The van der Waals surface area contributed by atoms with Gasteiger partial charge in [0.25, 0.3) is 5.56 Å². The van der Waals surface area contributed by atoms with E-state index in [0.29, 0.717) is 10.2 Å². The fourth-order valence-electron chi connectivity index (χ4n) is 1.23. The van der Waals surface area contributed by atoms with Crippen molar-refractivity contribution in [1.29, 1.82) is 0 Å². The predicted octanol–water partition coefficient (Wildman–Crippen LogP) is 0.972. The van der Waals surface area contributed by atoms with E-state index in [1.165, 1.54) is 4.68 Å². The maximum absolute atomic E-state index is 11.6. The van der Waals surface area contributed by atoms with Crippen LogP contribution in [0.2, 0.25) is 0 Å². The highest BCUT2D eigenvalue weighted by Crippen LogP contribution is 2.18. The van der Waals surface area contributed by atoms with Crippen LogP contribution in [-0.4, -0.2) is 27.5 Å². The summed E-state index contributed by atoms with van der Waals surface area (Å²) in [5.41, 5.74) is 0.404. The molecule has 1 atom stereocenters. The van der Waals surface area contributed by atoms with Crippen LogP contribution in [-0.2, 0) is 7.05 Å². The SMILES string of the molecule is CC(C)[C@@H](CO)Nc1cnn(C)c(=O)c1Br. The molecule has 16 heavy (non-hydrogen) atoms. The third kappa shape index (κ3) is 2.82. The van der Waals surface area contributed by atoms with E-state index in [0.717, 1.165) is 0 Å². The molecular weight excluding hydrogens is 274 g/mol. The number of anilines is 1. The third-order valence-corrected chi connectivity index (χ3v) is 3.19. The fourth-order valence-corrected chi connectivity index (χ4v) is 1.71. The summed E-state index contributed by atoms with van der Waals surface area (Å²) in [5.74, 6) is 0.265. The number of nitrogens with zero attached hydrogens (tertiary/aromatic N) is 2. The van der Waals surface area contributed by atoms with Gasteiger partial charge >= 0.3 is 0 Å². The number of nitrogens with one attached hydrogen (secondary N) is 1. The van der Waals surface area contributed by atoms with Crippen LogP contribution in [0.3, 0.4) is 0 Å². The summed E-state index contributed by atoms with van der Waals surface area (Å²) in [4.78, 5) is 11.6. The monoisotopic (exact) mass is 289 g/mol. The second-order valence-corrected chi connectivity index (χ2v) is 4.77. The van der Waals surface area contributed by atoms with Gasteiger partial charge in [-0.1, -0.05) is 13.8 Å². The first-order chi connectivity index (χ1) is 7.47. The predicted molar refractivity (Wildman–Crippen MR) is 66.5 cm³/mol. The molecule has 0 fully saturated rings. The Balaban J connectivity index is 2.98. The minimum absolute atomic E-state index is 0.0132. The van der Waals surface area contributed by atoms with Crippen LogP contribution in [0.15, 0.2) is 15.5 Å². The normalized spacial score (nSPS) is 12.9. The molecule has 0 aromatic carbocycles. The average molecular weight is 290 g/mol. The van der Waals surface area contributed by atoms with E-state index in [-0.39, 0.29) is 24.1 Å². The molecule has 0 aliphatic rings. The number of hydrogen-bond acceptors (Lipinski definition) is 4. The Hall–Kier alpha value is -0.880. The molecule has 2 N–H and O–H groups in total. The van der Waals surface area contributed by atoms with E-state index in [1.54, 1.807) is 13.2 Å². The molecule has 90 valence electrons. The standard InChI is InChI=1S/C10H16BrN3O2/c1-6(2)8(5-15)13-7-4-12-14(3)10(16)9(7)11/h4,6,8,13,15H,5H2,1-3H3/t8-/m1/s1. The van der Waals surface area contributed by atoms with Crippen LogP contribution < -0.4 is 10.9 Å². The van der Waals surface area contributed by atoms with Crippen molar-refractivity contribution in [3.63, 3.8) is 0 Å². The number of aliphatic hydroxyl groups is 1. The molecule has 0 aliphatic carbocycles. The quantitative estimate of drug-likeness (QED) is 0.867. The molecule has 0 bridgehead atoms. The van der Waals surface area contributed by atoms with Crippen molar-refractivity contribution in [2.75, 3.05) is 11.9 Å². The first kappa shape index (κ1) is 13.2. The van der Waals surface area contributed by atoms with Crippen molar-refractivity contribution < 1.29 is 5.11 Å². The van der Waals surface area contributed by atoms with Gasteiger partial charge in [0.2, 0.25) is 0 Å². The molecule has 0 saturated carbocycles. The highest BCUT2D eigenvalue weighted by Gasteiger charge is 2.15. The first-order valence-corrected chi connectivity index (χ1v) is 5.85. The van der Waals surface area contributed by atoms with Crippen LogP contribution in [0, 0.1) is 5.92 Å². The lowest BCUT2D eigenvalue weighted by Crippen LogP contribution is -2.31. The summed E-state index contributed by atoms with van der Waals surface area (Å²) in [6.45, 7) is 4.01. The number of aryl methyl sites for hydroxylation is 1. The Labute approximate surface area is 103 Å². The van der Waals surface area contributed by atoms with E-state index in [1.807, 2.05) is 13.8 Å². The van der Waals surface area contributed by atoms with Gasteiger partial charge in [0, 0.05) is 7.05 Å². The number of aromatic nitrogens is 2. The summed E-state index contributed by atoms with van der Waals surface area (Å²) >= 11 is 3.22. The van der Waals surface area contributed by atoms with Gasteiger partial charge in [-0.25, -0.2) is 4.68 Å². The summed E-state index contributed by atoms with van der Waals surface area (Å²) in [6, 6.07) is -0.0924. The lowest BCUT2D eigenvalue weighted by molar-refractivity contribution is 0.249. The third-order valence-electron chi connectivity index (χ3n) is 2.42. The van der Waals surface area contributed by atoms with Crippen molar-refractivity contribution in [2.45, 2.75) is 19.9 Å². The van der Waals surface area contributed by atoms with Gasteiger partial charge in [-0.3, -0.25) is 4.79 Å². The average Bonchev–Trinajstić information content (AvgIpc) is 2.25. The first-order valence-electron chi connectivity index (χ1n) is 5.06. The van der Waals surface area contributed by atoms with Gasteiger partial charge in [0.05, 0.1) is 24.5 Å². The Morgan fingerprint density at radius 1 is 1.62 bits per heavy atom. The molecule has 1 heterocycles. The molecule has 0 saturated heterocycles. The second kappa shape index (κ2) is 5.45. The zero-order valence-corrected chi connectivity index (χ0v) is 11.2. The Morgan fingerprint density at radius 2 is 2.25 bits per heavy atom. The van der Waals surface area contributed by atoms with Gasteiger partial charge in [0.1, 0.15) is 4.47 Å². The topological polar surface area (TPSA) is 67.2 Å². The van der Waals surface area contributed by atoms with Crippen LogP contribution in [0.4, 0.5) is 5.69 Å². The van der Waals surface area contributed by atoms with E-state index >= 15 is 0 Å².